The molecule has 0 saturated heterocycles. The van der Waals surface area contributed by atoms with Gasteiger partial charge in [0.25, 0.3) is 0 Å². The summed E-state index contributed by atoms with van der Waals surface area (Å²) < 4.78 is 0. The molecule has 88 valence electrons. The van der Waals surface area contributed by atoms with E-state index in [9.17, 15) is 0 Å². The van der Waals surface area contributed by atoms with E-state index in [1.54, 1.807) is 0 Å². The first kappa shape index (κ1) is 16.4. The van der Waals surface area contributed by atoms with Crippen LogP contribution in [0.25, 0.3) is 0 Å². The van der Waals surface area contributed by atoms with Crippen molar-refractivity contribution in [3.8, 4) is 0 Å². The lowest BCUT2D eigenvalue weighted by molar-refractivity contribution is 0.578. The Labute approximate surface area is 90.9 Å². The lowest BCUT2D eigenvalue weighted by Gasteiger charge is -2.03. The third-order valence-electron chi connectivity index (χ3n) is 1.91. The van der Waals surface area contributed by atoms with Gasteiger partial charge in [-0.2, -0.15) is 0 Å². The number of nitrogens with one attached hydrogen (secondary N) is 2. The van der Waals surface area contributed by atoms with E-state index in [-0.39, 0.29) is 0 Å². The monoisotopic (exact) mass is 202 g/mol. The maximum Gasteiger partial charge on any atom is -0.00484 e. The van der Waals surface area contributed by atoms with Gasteiger partial charge in [-0.25, -0.2) is 0 Å². The van der Waals surface area contributed by atoms with Gasteiger partial charge in [-0.3, -0.25) is 0 Å². The summed E-state index contributed by atoms with van der Waals surface area (Å²) in [4.78, 5) is 0. The van der Waals surface area contributed by atoms with E-state index in [1.807, 2.05) is 13.8 Å². The highest BCUT2D eigenvalue weighted by Gasteiger charge is 1.87. The number of unbranched alkanes of at least 4 members (excludes halogenated alkanes) is 2. The Morgan fingerprint density at radius 2 is 1.21 bits per heavy atom. The number of hydrogen-bond donors (Lipinski definition) is 2. The summed E-state index contributed by atoms with van der Waals surface area (Å²) in [5.41, 5.74) is 0. The first-order valence-electron chi connectivity index (χ1n) is 6.33. The van der Waals surface area contributed by atoms with Crippen LogP contribution in [0.2, 0.25) is 0 Å². The van der Waals surface area contributed by atoms with E-state index in [1.165, 1.54) is 45.3 Å². The van der Waals surface area contributed by atoms with Gasteiger partial charge in [0.05, 0.1) is 0 Å². The minimum Gasteiger partial charge on any atom is -0.317 e. The third-order valence-corrected chi connectivity index (χ3v) is 1.91. The predicted molar refractivity (Wildman–Crippen MR) is 66.9 cm³/mol. The summed E-state index contributed by atoms with van der Waals surface area (Å²) in [6.45, 7) is 13.0. The first-order chi connectivity index (χ1) is 6.91. The third kappa shape index (κ3) is 17.9. The average Bonchev–Trinajstić information content (AvgIpc) is 2.25. The molecular formula is C12H30N2. The summed E-state index contributed by atoms with van der Waals surface area (Å²) in [5, 5.41) is 6.76. The Bertz CT molecular complexity index is 64.7. The van der Waals surface area contributed by atoms with E-state index in [4.69, 9.17) is 0 Å². The molecule has 0 heterocycles. The van der Waals surface area contributed by atoms with Gasteiger partial charge < -0.3 is 10.6 Å². The maximum atomic E-state index is 3.44. The standard InChI is InChI=1S/C10H24N2.C2H6/c1-3-5-8-12-10-7-6-9-11-4-2;1-2/h11-12H,3-10H2,1-2H3;1-2H3. The molecule has 2 nitrogen and oxygen atoms in total. The zero-order chi connectivity index (χ0) is 11.1. The van der Waals surface area contributed by atoms with Crippen LogP contribution in [-0.2, 0) is 0 Å². The van der Waals surface area contributed by atoms with Gasteiger partial charge in [0.1, 0.15) is 0 Å². The number of hydrogen-bond acceptors (Lipinski definition) is 2. The molecule has 2 N–H and O–H groups in total. The highest BCUT2D eigenvalue weighted by atomic mass is 14.9. The molecule has 0 fully saturated rings. The zero-order valence-corrected chi connectivity index (χ0v) is 10.7. The molecule has 0 bridgehead atoms. The fourth-order valence-electron chi connectivity index (χ4n) is 1.10. The van der Waals surface area contributed by atoms with Crippen LogP contribution >= 0.6 is 0 Å². The van der Waals surface area contributed by atoms with E-state index in [0.717, 1.165) is 6.54 Å². The maximum absolute atomic E-state index is 3.44. The van der Waals surface area contributed by atoms with Crippen molar-refractivity contribution in [3.63, 3.8) is 0 Å². The van der Waals surface area contributed by atoms with E-state index in [0.29, 0.717) is 0 Å². The molecule has 0 aromatic carbocycles. The molecule has 0 radical (unpaired) electrons. The molecule has 14 heavy (non-hydrogen) atoms. The lowest BCUT2D eigenvalue weighted by Crippen LogP contribution is -2.19. The second-order valence-corrected chi connectivity index (χ2v) is 3.16. The molecule has 0 unspecified atom stereocenters. The minimum atomic E-state index is 1.10. The Morgan fingerprint density at radius 3 is 1.71 bits per heavy atom. The smallest absolute Gasteiger partial charge is 0.00484 e. The van der Waals surface area contributed by atoms with Crippen molar-refractivity contribution in [3.05, 3.63) is 0 Å². The molecule has 0 aliphatic heterocycles. The van der Waals surface area contributed by atoms with Crippen LogP contribution in [0.3, 0.4) is 0 Å². The predicted octanol–water partition coefficient (Wildman–Crippen LogP) is 2.79. The van der Waals surface area contributed by atoms with Crippen molar-refractivity contribution in [2.45, 2.75) is 53.4 Å². The van der Waals surface area contributed by atoms with Gasteiger partial charge in [-0.1, -0.05) is 34.1 Å². The molecule has 0 aromatic heterocycles. The molecule has 0 aromatic rings. The molecule has 0 saturated carbocycles. The van der Waals surface area contributed by atoms with Gasteiger partial charge in [-0.05, 0) is 45.4 Å². The van der Waals surface area contributed by atoms with Gasteiger partial charge in [0.2, 0.25) is 0 Å². The van der Waals surface area contributed by atoms with Gasteiger partial charge >= 0.3 is 0 Å². The van der Waals surface area contributed by atoms with Crippen LogP contribution in [0, 0.1) is 0 Å². The normalized spacial score (nSPS) is 9.43. The van der Waals surface area contributed by atoms with Gasteiger partial charge in [-0.15, -0.1) is 0 Å². The molecular weight excluding hydrogens is 172 g/mol. The van der Waals surface area contributed by atoms with Crippen molar-refractivity contribution in [1.82, 2.24) is 10.6 Å². The van der Waals surface area contributed by atoms with Crippen molar-refractivity contribution in [2.24, 2.45) is 0 Å². The van der Waals surface area contributed by atoms with Gasteiger partial charge in [0.15, 0.2) is 0 Å². The Morgan fingerprint density at radius 1 is 0.714 bits per heavy atom. The Balaban J connectivity index is 0. The van der Waals surface area contributed by atoms with Gasteiger partial charge in [0, 0.05) is 0 Å². The Hall–Kier alpha value is -0.0800. The van der Waals surface area contributed by atoms with Crippen LogP contribution in [-0.4, -0.2) is 26.2 Å². The van der Waals surface area contributed by atoms with Crippen molar-refractivity contribution >= 4 is 0 Å². The minimum absolute atomic E-state index is 1.10. The zero-order valence-electron chi connectivity index (χ0n) is 10.7. The fourth-order valence-corrected chi connectivity index (χ4v) is 1.10. The topological polar surface area (TPSA) is 24.1 Å². The second-order valence-electron chi connectivity index (χ2n) is 3.16. The highest BCUT2D eigenvalue weighted by Crippen LogP contribution is 1.86. The fraction of sp³-hybridized carbons (Fsp3) is 1.00. The average molecular weight is 202 g/mol. The first-order valence-corrected chi connectivity index (χ1v) is 6.33. The molecule has 2 heteroatoms. The summed E-state index contributed by atoms with van der Waals surface area (Å²) in [5.74, 6) is 0. The molecule has 0 amide bonds. The quantitative estimate of drug-likeness (QED) is 0.562. The lowest BCUT2D eigenvalue weighted by atomic mass is 10.3. The number of rotatable bonds is 9. The SMILES string of the molecule is CC.CCCCNCCCCNCC. The largest absolute Gasteiger partial charge is 0.317 e. The second kappa shape index (κ2) is 18.7. The van der Waals surface area contributed by atoms with Crippen molar-refractivity contribution in [2.75, 3.05) is 26.2 Å². The summed E-state index contributed by atoms with van der Waals surface area (Å²) in [6.07, 6.45) is 5.21. The Kier molecular flexibility index (Phi) is 21.8. The summed E-state index contributed by atoms with van der Waals surface area (Å²) in [7, 11) is 0. The van der Waals surface area contributed by atoms with Crippen LogP contribution < -0.4 is 10.6 Å². The van der Waals surface area contributed by atoms with E-state index in [2.05, 4.69) is 24.5 Å². The molecule has 0 aliphatic carbocycles. The highest BCUT2D eigenvalue weighted by molar-refractivity contribution is 4.50. The van der Waals surface area contributed by atoms with E-state index >= 15 is 0 Å². The van der Waals surface area contributed by atoms with Crippen molar-refractivity contribution < 1.29 is 0 Å². The van der Waals surface area contributed by atoms with Crippen LogP contribution in [0.1, 0.15) is 53.4 Å². The van der Waals surface area contributed by atoms with E-state index < -0.39 is 0 Å². The molecule has 0 spiro atoms. The summed E-state index contributed by atoms with van der Waals surface area (Å²) >= 11 is 0. The van der Waals surface area contributed by atoms with Crippen molar-refractivity contribution in [1.29, 1.82) is 0 Å². The van der Waals surface area contributed by atoms with Crippen LogP contribution in [0.4, 0.5) is 0 Å². The molecule has 0 atom stereocenters. The molecule has 0 aliphatic rings. The van der Waals surface area contributed by atoms with Crippen LogP contribution in [0.5, 0.6) is 0 Å². The van der Waals surface area contributed by atoms with Crippen LogP contribution in [0.15, 0.2) is 0 Å². The summed E-state index contributed by atoms with van der Waals surface area (Å²) in [6, 6.07) is 0. The molecule has 0 rings (SSSR count).